The van der Waals surface area contributed by atoms with E-state index in [1.54, 1.807) is 18.4 Å². The van der Waals surface area contributed by atoms with E-state index in [0.29, 0.717) is 0 Å². The van der Waals surface area contributed by atoms with Crippen LogP contribution in [0.15, 0.2) is 18.2 Å². The monoisotopic (exact) mass is 442 g/mol. The molecule has 1 saturated carbocycles. The standard InChI is InChI=1S/C24H34N4O2S/c1-15-9-7-13-19-20(15)27-23(31-19)18-12-8-14-28(18)24(30)21(17-10-5-4-6-11-17)26-22(29)16(2)25-3/h7,9,13,16-18,21,25H,4-6,8,10-12,14H2,1-3H3,(H,26,29)/t16-,18-,21-/m0/s1. The molecule has 1 aromatic carbocycles. The van der Waals surface area contributed by atoms with Gasteiger partial charge in [-0.05, 0) is 64.1 Å². The van der Waals surface area contributed by atoms with Gasteiger partial charge in [-0.3, -0.25) is 9.59 Å². The van der Waals surface area contributed by atoms with Gasteiger partial charge in [-0.1, -0.05) is 31.4 Å². The summed E-state index contributed by atoms with van der Waals surface area (Å²) in [7, 11) is 1.77. The first-order chi connectivity index (χ1) is 15.0. The Labute approximate surface area is 188 Å². The van der Waals surface area contributed by atoms with Gasteiger partial charge < -0.3 is 15.5 Å². The van der Waals surface area contributed by atoms with Gasteiger partial charge in [-0.25, -0.2) is 4.98 Å². The molecule has 168 valence electrons. The molecule has 1 saturated heterocycles. The van der Waals surface area contributed by atoms with Crippen molar-refractivity contribution in [2.24, 2.45) is 5.92 Å². The first-order valence-corrected chi connectivity index (χ1v) is 12.5. The normalized spacial score (nSPS) is 21.9. The van der Waals surface area contributed by atoms with Crippen molar-refractivity contribution < 1.29 is 9.59 Å². The third-order valence-corrected chi connectivity index (χ3v) is 8.09. The highest BCUT2D eigenvalue weighted by molar-refractivity contribution is 7.18. The third-order valence-electron chi connectivity index (χ3n) is 6.97. The maximum absolute atomic E-state index is 13.8. The number of aryl methyl sites for hydroxylation is 1. The highest BCUT2D eigenvalue weighted by Crippen LogP contribution is 2.38. The Balaban J connectivity index is 1.59. The number of fused-ring (bicyclic) bond motifs is 1. The van der Waals surface area contributed by atoms with Crippen LogP contribution in [0.1, 0.15) is 68.5 Å². The lowest BCUT2D eigenvalue weighted by atomic mass is 9.83. The smallest absolute Gasteiger partial charge is 0.246 e. The average Bonchev–Trinajstić information content (AvgIpc) is 3.44. The van der Waals surface area contributed by atoms with Crippen LogP contribution in [-0.2, 0) is 9.59 Å². The molecule has 0 bridgehead atoms. The minimum Gasteiger partial charge on any atom is -0.343 e. The van der Waals surface area contributed by atoms with Gasteiger partial charge in [-0.2, -0.15) is 0 Å². The second-order valence-electron chi connectivity index (χ2n) is 9.06. The van der Waals surface area contributed by atoms with Crippen molar-refractivity contribution in [3.63, 3.8) is 0 Å². The van der Waals surface area contributed by atoms with E-state index < -0.39 is 6.04 Å². The molecule has 3 atom stereocenters. The van der Waals surface area contributed by atoms with Crippen molar-refractivity contribution in [1.29, 1.82) is 0 Å². The number of likely N-dealkylation sites (tertiary alicyclic amines) is 1. The number of likely N-dealkylation sites (N-methyl/N-ethyl adjacent to an activating group) is 1. The fraction of sp³-hybridized carbons (Fsp3) is 0.625. The van der Waals surface area contributed by atoms with Gasteiger partial charge in [0.05, 0.1) is 22.3 Å². The summed E-state index contributed by atoms with van der Waals surface area (Å²) in [4.78, 5) is 33.4. The quantitative estimate of drug-likeness (QED) is 0.711. The van der Waals surface area contributed by atoms with Gasteiger partial charge in [0.15, 0.2) is 0 Å². The van der Waals surface area contributed by atoms with Crippen molar-refractivity contribution in [2.75, 3.05) is 13.6 Å². The fourth-order valence-corrected chi connectivity index (χ4v) is 6.16. The third kappa shape index (κ3) is 4.62. The molecule has 2 aliphatic rings. The summed E-state index contributed by atoms with van der Waals surface area (Å²) < 4.78 is 1.18. The lowest BCUT2D eigenvalue weighted by molar-refractivity contribution is -0.139. The maximum atomic E-state index is 13.8. The van der Waals surface area contributed by atoms with Crippen LogP contribution in [-0.4, -0.2) is 47.4 Å². The van der Waals surface area contributed by atoms with Gasteiger partial charge in [0.2, 0.25) is 11.8 Å². The Morgan fingerprint density at radius 2 is 1.94 bits per heavy atom. The number of rotatable bonds is 6. The van der Waals surface area contributed by atoms with Gasteiger partial charge in [-0.15, -0.1) is 11.3 Å². The molecule has 2 amide bonds. The predicted octanol–water partition coefficient (Wildman–Crippen LogP) is 3.94. The molecule has 1 aliphatic carbocycles. The predicted molar refractivity (Wildman–Crippen MR) is 125 cm³/mol. The number of aromatic nitrogens is 1. The summed E-state index contributed by atoms with van der Waals surface area (Å²) >= 11 is 1.70. The first kappa shape index (κ1) is 22.2. The first-order valence-electron chi connectivity index (χ1n) is 11.6. The summed E-state index contributed by atoms with van der Waals surface area (Å²) in [5.41, 5.74) is 2.21. The van der Waals surface area contributed by atoms with E-state index in [1.165, 1.54) is 16.7 Å². The number of para-hydroxylation sites is 1. The summed E-state index contributed by atoms with van der Waals surface area (Å²) in [6.45, 7) is 4.65. The number of nitrogens with one attached hydrogen (secondary N) is 2. The van der Waals surface area contributed by atoms with Crippen molar-refractivity contribution in [2.45, 2.75) is 76.9 Å². The molecule has 2 N–H and O–H groups in total. The van der Waals surface area contributed by atoms with Crippen molar-refractivity contribution in [3.8, 4) is 0 Å². The van der Waals surface area contributed by atoms with Gasteiger partial charge in [0, 0.05) is 6.54 Å². The fourth-order valence-electron chi connectivity index (χ4n) is 4.97. The lowest BCUT2D eigenvalue weighted by Gasteiger charge is -2.35. The van der Waals surface area contributed by atoms with Crippen LogP contribution in [0, 0.1) is 12.8 Å². The van der Waals surface area contributed by atoms with Crippen LogP contribution < -0.4 is 10.6 Å². The molecule has 31 heavy (non-hydrogen) atoms. The highest BCUT2D eigenvalue weighted by Gasteiger charge is 2.40. The van der Waals surface area contributed by atoms with Crippen LogP contribution >= 0.6 is 11.3 Å². The minimum atomic E-state index is -0.444. The van der Waals surface area contributed by atoms with Crippen molar-refractivity contribution in [3.05, 3.63) is 28.8 Å². The Hall–Kier alpha value is -1.99. The van der Waals surface area contributed by atoms with E-state index in [-0.39, 0.29) is 29.8 Å². The second-order valence-corrected chi connectivity index (χ2v) is 10.1. The molecule has 2 aromatic rings. The molecule has 6 nitrogen and oxygen atoms in total. The molecular formula is C24H34N4O2S. The zero-order valence-corrected chi connectivity index (χ0v) is 19.6. The molecule has 1 aromatic heterocycles. The maximum Gasteiger partial charge on any atom is 0.246 e. The van der Waals surface area contributed by atoms with E-state index in [9.17, 15) is 9.59 Å². The van der Waals surface area contributed by atoms with E-state index >= 15 is 0 Å². The molecule has 1 aliphatic heterocycles. The zero-order valence-electron chi connectivity index (χ0n) is 18.8. The van der Waals surface area contributed by atoms with Gasteiger partial charge in [0.25, 0.3) is 0 Å². The largest absolute Gasteiger partial charge is 0.343 e. The molecule has 2 heterocycles. The van der Waals surface area contributed by atoms with E-state index in [2.05, 4.69) is 35.8 Å². The van der Waals surface area contributed by atoms with Crippen LogP contribution in [0.4, 0.5) is 0 Å². The summed E-state index contributed by atoms with van der Waals surface area (Å²) in [6, 6.07) is 5.50. The second kappa shape index (κ2) is 9.65. The van der Waals surface area contributed by atoms with Crippen LogP contribution in [0.2, 0.25) is 0 Å². The van der Waals surface area contributed by atoms with E-state index in [4.69, 9.17) is 4.98 Å². The Morgan fingerprint density at radius 1 is 1.16 bits per heavy atom. The van der Waals surface area contributed by atoms with Gasteiger partial charge in [0.1, 0.15) is 11.0 Å². The van der Waals surface area contributed by atoms with Crippen molar-refractivity contribution >= 4 is 33.4 Å². The summed E-state index contributed by atoms with van der Waals surface area (Å²) in [5.74, 6) is 0.188. The summed E-state index contributed by atoms with van der Waals surface area (Å²) in [5, 5.41) is 7.12. The molecule has 0 unspecified atom stereocenters. The minimum absolute atomic E-state index is 0.00835. The zero-order chi connectivity index (χ0) is 22.0. The highest BCUT2D eigenvalue weighted by atomic mass is 32.1. The molecule has 0 spiro atoms. The average molecular weight is 443 g/mol. The summed E-state index contributed by atoms with van der Waals surface area (Å²) in [6.07, 6.45) is 7.40. The number of hydrogen-bond acceptors (Lipinski definition) is 5. The molecule has 7 heteroatoms. The Bertz CT molecular complexity index is 937. The SMILES string of the molecule is CN[C@@H](C)C(=O)N[C@H](C(=O)N1CCC[C@H]1c1nc2c(C)cccc2s1)C1CCCCC1. The van der Waals surface area contributed by atoms with Crippen LogP contribution in [0.25, 0.3) is 10.2 Å². The number of hydrogen-bond donors (Lipinski definition) is 2. The van der Waals surface area contributed by atoms with Crippen molar-refractivity contribution in [1.82, 2.24) is 20.5 Å². The van der Waals surface area contributed by atoms with E-state index in [0.717, 1.165) is 55.6 Å². The Kier molecular flexibility index (Phi) is 6.92. The topological polar surface area (TPSA) is 74.3 Å². The number of thiazole rings is 1. The number of benzene rings is 1. The number of amides is 2. The molecule has 2 fully saturated rings. The number of carbonyl (C=O) groups is 2. The van der Waals surface area contributed by atoms with Gasteiger partial charge >= 0.3 is 0 Å². The lowest BCUT2D eigenvalue weighted by Crippen LogP contribution is -2.55. The Morgan fingerprint density at radius 3 is 2.65 bits per heavy atom. The van der Waals surface area contributed by atoms with E-state index in [1.807, 2.05) is 11.8 Å². The molecular weight excluding hydrogens is 408 g/mol. The molecule has 0 radical (unpaired) electrons. The number of nitrogens with zero attached hydrogens (tertiary/aromatic N) is 2. The molecule has 4 rings (SSSR count). The van der Waals surface area contributed by atoms with Crippen LogP contribution in [0.5, 0.6) is 0 Å². The van der Waals surface area contributed by atoms with Crippen LogP contribution in [0.3, 0.4) is 0 Å². The number of carbonyl (C=O) groups excluding carboxylic acids is 2.